The highest BCUT2D eigenvalue weighted by atomic mass is 32.2. The summed E-state index contributed by atoms with van der Waals surface area (Å²) in [6.45, 7) is 4.23. The van der Waals surface area contributed by atoms with Crippen molar-refractivity contribution < 1.29 is 9.59 Å². The van der Waals surface area contributed by atoms with Crippen molar-refractivity contribution in [3.8, 4) is 0 Å². The zero-order valence-electron chi connectivity index (χ0n) is 16.9. The Bertz CT molecular complexity index is 809. The molecular weight excluding hydrogens is 400 g/mol. The number of hydrogen-bond acceptors (Lipinski definition) is 4. The average molecular weight is 429 g/mol. The van der Waals surface area contributed by atoms with E-state index < -0.39 is 0 Å². The number of likely N-dealkylation sites (tertiary alicyclic amines) is 1. The molecule has 2 amide bonds. The Balaban J connectivity index is 1.53. The van der Waals surface area contributed by atoms with Gasteiger partial charge in [-0.1, -0.05) is 73.2 Å². The van der Waals surface area contributed by atoms with Crippen molar-refractivity contribution in [2.75, 3.05) is 19.6 Å². The number of carbonyl (C=O) groups excluding carboxylic acids is 2. The molecule has 0 spiro atoms. The van der Waals surface area contributed by atoms with Crippen LogP contribution >= 0.6 is 24.0 Å². The first-order valence-corrected chi connectivity index (χ1v) is 11.5. The summed E-state index contributed by atoms with van der Waals surface area (Å²) < 4.78 is 0.580. The van der Waals surface area contributed by atoms with Gasteiger partial charge in [0.25, 0.3) is 5.91 Å². The van der Waals surface area contributed by atoms with Crippen molar-refractivity contribution >= 4 is 46.2 Å². The molecule has 6 heteroatoms. The Morgan fingerprint density at radius 3 is 2.52 bits per heavy atom. The van der Waals surface area contributed by atoms with Crippen LogP contribution in [0.4, 0.5) is 0 Å². The molecule has 2 fully saturated rings. The minimum atomic E-state index is -0.0527. The lowest BCUT2D eigenvalue weighted by atomic mass is 10.1. The van der Waals surface area contributed by atoms with Gasteiger partial charge in [-0.3, -0.25) is 14.5 Å². The summed E-state index contributed by atoms with van der Waals surface area (Å²) in [6.07, 6.45) is 9.69. The van der Waals surface area contributed by atoms with Crippen LogP contribution in [-0.2, 0) is 9.59 Å². The van der Waals surface area contributed by atoms with Gasteiger partial charge < -0.3 is 4.90 Å². The number of thioether (sulfide) groups is 1. The minimum Gasteiger partial charge on any atom is -0.343 e. The summed E-state index contributed by atoms with van der Waals surface area (Å²) in [4.78, 5) is 29.5. The highest BCUT2D eigenvalue weighted by Crippen LogP contribution is 2.32. The summed E-state index contributed by atoms with van der Waals surface area (Å²) in [7, 11) is 0. The number of hydrogen-bond donors (Lipinski definition) is 0. The summed E-state index contributed by atoms with van der Waals surface area (Å²) >= 11 is 6.75. The zero-order chi connectivity index (χ0) is 20.6. The van der Waals surface area contributed by atoms with Crippen molar-refractivity contribution in [1.29, 1.82) is 0 Å². The number of amides is 2. The Kier molecular flexibility index (Phi) is 8.07. The van der Waals surface area contributed by atoms with Crippen molar-refractivity contribution in [3.05, 3.63) is 52.4 Å². The van der Waals surface area contributed by atoms with Crippen LogP contribution in [0.25, 0.3) is 6.08 Å². The van der Waals surface area contributed by atoms with Crippen LogP contribution in [0.2, 0.25) is 0 Å². The van der Waals surface area contributed by atoms with Crippen molar-refractivity contribution in [1.82, 2.24) is 9.80 Å². The Morgan fingerprint density at radius 1 is 1.14 bits per heavy atom. The molecule has 3 rings (SSSR count). The molecule has 4 nitrogen and oxygen atoms in total. The van der Waals surface area contributed by atoms with E-state index in [2.05, 4.69) is 0 Å². The molecule has 0 unspecified atom stereocenters. The third-order valence-corrected chi connectivity index (χ3v) is 6.54. The van der Waals surface area contributed by atoms with Gasteiger partial charge in [0.1, 0.15) is 4.32 Å². The maximum atomic E-state index is 12.8. The van der Waals surface area contributed by atoms with Gasteiger partial charge in [-0.25, -0.2) is 0 Å². The predicted molar refractivity (Wildman–Crippen MR) is 124 cm³/mol. The fourth-order valence-electron chi connectivity index (χ4n) is 3.62. The molecule has 2 aliphatic rings. The lowest BCUT2D eigenvalue weighted by Crippen LogP contribution is -2.33. The lowest BCUT2D eigenvalue weighted by molar-refractivity contribution is -0.131. The van der Waals surface area contributed by atoms with Gasteiger partial charge in [-0.05, 0) is 43.4 Å². The van der Waals surface area contributed by atoms with E-state index >= 15 is 0 Å². The van der Waals surface area contributed by atoms with Gasteiger partial charge in [-0.2, -0.15) is 0 Å². The fraction of sp³-hybridized carbons (Fsp3) is 0.435. The third kappa shape index (κ3) is 6.28. The van der Waals surface area contributed by atoms with E-state index in [0.29, 0.717) is 28.6 Å². The summed E-state index contributed by atoms with van der Waals surface area (Å²) in [5.74, 6) is 0.151. The van der Waals surface area contributed by atoms with Crippen LogP contribution < -0.4 is 0 Å². The van der Waals surface area contributed by atoms with Crippen LogP contribution in [0.15, 0.2) is 46.9 Å². The molecule has 2 heterocycles. The maximum Gasteiger partial charge on any atom is 0.266 e. The quantitative estimate of drug-likeness (QED) is 0.471. The van der Waals surface area contributed by atoms with Gasteiger partial charge in [0.15, 0.2) is 0 Å². The van der Waals surface area contributed by atoms with Crippen LogP contribution in [0.3, 0.4) is 0 Å². The Hall–Kier alpha value is -1.92. The number of benzene rings is 1. The number of allylic oxidation sites excluding steroid dienone is 2. The molecule has 2 saturated heterocycles. The normalized spacial score (nSPS) is 19.8. The van der Waals surface area contributed by atoms with Crippen molar-refractivity contribution in [2.24, 2.45) is 0 Å². The molecule has 2 aliphatic heterocycles. The van der Waals surface area contributed by atoms with E-state index in [4.69, 9.17) is 12.2 Å². The van der Waals surface area contributed by atoms with Gasteiger partial charge in [0.05, 0.1) is 4.91 Å². The SMILES string of the molecule is CC(/C=C1\SC(=S)N(CCCC(=O)N2CCCCCC2)C1=O)=C\c1ccccc1. The van der Waals surface area contributed by atoms with E-state index in [0.717, 1.165) is 37.1 Å². The number of rotatable bonds is 6. The highest BCUT2D eigenvalue weighted by molar-refractivity contribution is 8.26. The van der Waals surface area contributed by atoms with E-state index in [1.807, 2.05) is 54.3 Å². The molecule has 0 aromatic heterocycles. The zero-order valence-corrected chi connectivity index (χ0v) is 18.6. The van der Waals surface area contributed by atoms with E-state index in [9.17, 15) is 9.59 Å². The second kappa shape index (κ2) is 10.7. The Labute approximate surface area is 183 Å². The number of thiocarbonyl (C=S) groups is 1. The first-order chi connectivity index (χ1) is 14.0. The predicted octanol–water partition coefficient (Wildman–Crippen LogP) is 5.02. The molecule has 0 aliphatic carbocycles. The minimum absolute atomic E-state index is 0.0527. The lowest BCUT2D eigenvalue weighted by Gasteiger charge is -2.21. The first-order valence-electron chi connectivity index (χ1n) is 10.3. The monoisotopic (exact) mass is 428 g/mol. The topological polar surface area (TPSA) is 40.6 Å². The van der Waals surface area contributed by atoms with Crippen molar-refractivity contribution in [3.63, 3.8) is 0 Å². The highest BCUT2D eigenvalue weighted by Gasteiger charge is 2.31. The first kappa shape index (κ1) is 21.8. The molecule has 0 N–H and O–H groups in total. The second-order valence-electron chi connectivity index (χ2n) is 7.53. The number of carbonyl (C=O) groups is 2. The summed E-state index contributed by atoms with van der Waals surface area (Å²) in [5, 5.41) is 0. The molecule has 154 valence electrons. The molecule has 0 atom stereocenters. The van der Waals surface area contributed by atoms with Gasteiger partial charge in [0.2, 0.25) is 5.91 Å². The van der Waals surface area contributed by atoms with E-state index in [-0.39, 0.29) is 11.8 Å². The molecule has 0 radical (unpaired) electrons. The second-order valence-corrected chi connectivity index (χ2v) is 9.21. The standard InChI is InChI=1S/C23H28N2O2S2/c1-18(16-19-10-5-4-6-11-19)17-20-22(27)25(23(28)29-20)15-9-12-21(26)24-13-7-2-3-8-14-24/h4-6,10-11,16-17H,2-3,7-9,12-15H2,1H3/b18-16+,20-17-. The van der Waals surface area contributed by atoms with Crippen molar-refractivity contribution in [2.45, 2.75) is 45.4 Å². The van der Waals surface area contributed by atoms with Crippen LogP contribution in [0, 0.1) is 0 Å². The van der Waals surface area contributed by atoms with Crippen LogP contribution in [0.1, 0.15) is 51.0 Å². The van der Waals surface area contributed by atoms with Gasteiger partial charge in [-0.15, -0.1) is 0 Å². The smallest absolute Gasteiger partial charge is 0.266 e. The molecule has 0 bridgehead atoms. The van der Waals surface area contributed by atoms with Gasteiger partial charge >= 0.3 is 0 Å². The number of nitrogens with zero attached hydrogens (tertiary/aromatic N) is 2. The average Bonchev–Trinajstić information content (AvgIpc) is 2.90. The van der Waals surface area contributed by atoms with Crippen LogP contribution in [-0.4, -0.2) is 45.6 Å². The van der Waals surface area contributed by atoms with Gasteiger partial charge in [0, 0.05) is 26.1 Å². The molecule has 1 aromatic rings. The van der Waals surface area contributed by atoms with E-state index in [1.165, 1.54) is 24.6 Å². The maximum absolute atomic E-state index is 12.8. The molecular formula is C23H28N2O2S2. The van der Waals surface area contributed by atoms with Crippen LogP contribution in [0.5, 0.6) is 0 Å². The summed E-state index contributed by atoms with van der Waals surface area (Å²) in [5.41, 5.74) is 2.11. The van der Waals surface area contributed by atoms with E-state index in [1.54, 1.807) is 4.90 Å². The molecule has 1 aromatic carbocycles. The Morgan fingerprint density at radius 2 is 1.83 bits per heavy atom. The fourth-order valence-corrected chi connectivity index (χ4v) is 4.98. The molecule has 0 saturated carbocycles. The largest absolute Gasteiger partial charge is 0.343 e. The molecule has 29 heavy (non-hydrogen) atoms. The third-order valence-electron chi connectivity index (χ3n) is 5.16. The summed E-state index contributed by atoms with van der Waals surface area (Å²) in [6, 6.07) is 10.0.